The summed E-state index contributed by atoms with van der Waals surface area (Å²) in [6.45, 7) is 0. The summed E-state index contributed by atoms with van der Waals surface area (Å²) >= 11 is 5.76. The number of rotatable bonds is 1. The van der Waals surface area contributed by atoms with Crippen molar-refractivity contribution < 1.29 is 0 Å². The lowest BCUT2D eigenvalue weighted by Crippen LogP contribution is -2.28. The number of halogens is 1. The molecule has 3 heterocycles. The average Bonchev–Trinajstić information content (AvgIpc) is 2.83. The Balaban J connectivity index is 2.30. The zero-order chi connectivity index (χ0) is 13.6. The van der Waals surface area contributed by atoms with Crippen molar-refractivity contribution in [2.45, 2.75) is 0 Å². The summed E-state index contributed by atoms with van der Waals surface area (Å²) in [6, 6.07) is 3.34. The maximum absolute atomic E-state index is 11.7. The minimum atomic E-state index is -0.514. The summed E-state index contributed by atoms with van der Waals surface area (Å²) in [6.07, 6.45) is 1.48. The maximum atomic E-state index is 11.7. The van der Waals surface area contributed by atoms with Crippen molar-refractivity contribution in [2.75, 3.05) is 0 Å². The summed E-state index contributed by atoms with van der Waals surface area (Å²) in [5.41, 5.74) is 0.0206. The van der Waals surface area contributed by atoms with Gasteiger partial charge < -0.3 is 4.98 Å². The zero-order valence-electron chi connectivity index (χ0n) is 9.77. The highest BCUT2D eigenvalue weighted by atomic mass is 35.5. The lowest BCUT2D eigenvalue weighted by atomic mass is 10.3. The second-order valence-corrected chi connectivity index (χ2v) is 4.40. The molecular formula is C11H8ClN5O2. The van der Waals surface area contributed by atoms with Gasteiger partial charge in [-0.2, -0.15) is 0 Å². The first-order valence-electron chi connectivity index (χ1n) is 5.37. The van der Waals surface area contributed by atoms with Crippen LogP contribution in [0.5, 0.6) is 0 Å². The summed E-state index contributed by atoms with van der Waals surface area (Å²) < 4.78 is 1.26. The fourth-order valence-electron chi connectivity index (χ4n) is 1.74. The van der Waals surface area contributed by atoms with Crippen molar-refractivity contribution in [3.63, 3.8) is 0 Å². The Morgan fingerprint density at radius 3 is 2.74 bits per heavy atom. The number of hydrogen-bond donors (Lipinski definition) is 2. The van der Waals surface area contributed by atoms with Crippen LogP contribution < -0.4 is 11.2 Å². The van der Waals surface area contributed by atoms with Gasteiger partial charge in [0.15, 0.2) is 11.5 Å². The van der Waals surface area contributed by atoms with Crippen LogP contribution in [-0.2, 0) is 7.05 Å². The summed E-state index contributed by atoms with van der Waals surface area (Å²) in [7, 11) is 1.53. The number of nitrogens with one attached hydrogen (secondary N) is 2. The second kappa shape index (κ2) is 4.06. The van der Waals surface area contributed by atoms with Crippen LogP contribution in [0.4, 0.5) is 0 Å². The van der Waals surface area contributed by atoms with E-state index in [4.69, 9.17) is 11.6 Å². The van der Waals surface area contributed by atoms with E-state index in [-0.39, 0.29) is 11.2 Å². The summed E-state index contributed by atoms with van der Waals surface area (Å²) in [5.74, 6) is 0.401. The zero-order valence-corrected chi connectivity index (χ0v) is 10.5. The molecule has 0 spiro atoms. The molecule has 3 rings (SSSR count). The number of aryl methyl sites for hydroxylation is 1. The fourth-order valence-corrected chi connectivity index (χ4v) is 1.85. The van der Waals surface area contributed by atoms with Gasteiger partial charge in [-0.1, -0.05) is 11.6 Å². The molecule has 7 nitrogen and oxygen atoms in total. The molecule has 0 saturated heterocycles. The van der Waals surface area contributed by atoms with E-state index in [2.05, 4.69) is 19.9 Å². The highest BCUT2D eigenvalue weighted by molar-refractivity contribution is 6.30. The summed E-state index contributed by atoms with van der Waals surface area (Å²) in [5, 5.41) is 0.505. The molecule has 3 aromatic heterocycles. The van der Waals surface area contributed by atoms with Gasteiger partial charge in [0.25, 0.3) is 5.56 Å². The van der Waals surface area contributed by atoms with Crippen molar-refractivity contribution in [2.24, 2.45) is 7.05 Å². The van der Waals surface area contributed by atoms with E-state index in [0.717, 1.165) is 0 Å². The van der Waals surface area contributed by atoms with Gasteiger partial charge in [0.2, 0.25) is 0 Å². The van der Waals surface area contributed by atoms with E-state index in [0.29, 0.717) is 16.5 Å². The van der Waals surface area contributed by atoms with Gasteiger partial charge in [0, 0.05) is 13.2 Å². The van der Waals surface area contributed by atoms with Crippen molar-refractivity contribution in [3.05, 3.63) is 44.2 Å². The molecule has 8 heteroatoms. The maximum Gasteiger partial charge on any atom is 0.329 e. The van der Waals surface area contributed by atoms with Crippen LogP contribution in [0, 0.1) is 0 Å². The van der Waals surface area contributed by atoms with Crippen LogP contribution in [0.2, 0.25) is 5.02 Å². The van der Waals surface area contributed by atoms with Gasteiger partial charge in [0.05, 0.1) is 5.02 Å². The Labute approximate surface area is 110 Å². The van der Waals surface area contributed by atoms with Gasteiger partial charge >= 0.3 is 5.69 Å². The quantitative estimate of drug-likeness (QED) is 0.683. The van der Waals surface area contributed by atoms with Crippen LogP contribution >= 0.6 is 11.6 Å². The van der Waals surface area contributed by atoms with E-state index in [1.807, 2.05) is 0 Å². The number of H-pyrrole nitrogens is 2. The molecule has 0 amide bonds. The number of aromatic nitrogens is 5. The molecule has 0 radical (unpaired) electrons. The third kappa shape index (κ3) is 1.84. The summed E-state index contributed by atoms with van der Waals surface area (Å²) in [4.78, 5) is 36.5. The minimum Gasteiger partial charge on any atom is -0.331 e. The first kappa shape index (κ1) is 11.7. The lowest BCUT2D eigenvalue weighted by Gasteiger charge is -1.95. The molecule has 19 heavy (non-hydrogen) atoms. The van der Waals surface area contributed by atoms with Crippen LogP contribution in [0.25, 0.3) is 22.7 Å². The van der Waals surface area contributed by atoms with E-state index in [1.54, 1.807) is 12.1 Å². The molecular weight excluding hydrogens is 270 g/mol. The van der Waals surface area contributed by atoms with Gasteiger partial charge in [0.1, 0.15) is 11.2 Å². The molecule has 0 unspecified atom stereocenters. The molecule has 0 aliphatic rings. The number of hydrogen-bond acceptors (Lipinski definition) is 4. The highest BCUT2D eigenvalue weighted by Crippen LogP contribution is 2.17. The SMILES string of the molecule is Cn1c(=O)[nH]c(=O)c2[nH]c(-c3ccc(Cl)cn3)nc21. The molecule has 3 aromatic rings. The van der Waals surface area contributed by atoms with Gasteiger partial charge in [-0.05, 0) is 12.1 Å². The number of nitrogens with zero attached hydrogens (tertiary/aromatic N) is 3. The van der Waals surface area contributed by atoms with Crippen molar-refractivity contribution in [1.29, 1.82) is 0 Å². The lowest BCUT2D eigenvalue weighted by molar-refractivity contribution is 0.832. The standard InChI is InChI=1S/C11H8ClN5O2/c1-17-9-7(10(18)16-11(17)19)14-8(15-9)6-3-2-5(12)4-13-6/h2-4H,1H3,(H,14,15)(H,16,18,19). The Morgan fingerprint density at radius 1 is 1.26 bits per heavy atom. The Bertz CT molecular complexity index is 875. The Morgan fingerprint density at radius 2 is 2.05 bits per heavy atom. The average molecular weight is 278 g/mol. The van der Waals surface area contributed by atoms with E-state index < -0.39 is 11.2 Å². The molecule has 0 fully saturated rings. The predicted molar refractivity (Wildman–Crippen MR) is 70.2 cm³/mol. The molecule has 0 bridgehead atoms. The first-order chi connectivity index (χ1) is 9.06. The molecule has 0 aliphatic carbocycles. The Kier molecular flexibility index (Phi) is 2.49. The monoisotopic (exact) mass is 277 g/mol. The smallest absolute Gasteiger partial charge is 0.329 e. The van der Waals surface area contributed by atoms with E-state index in [9.17, 15) is 9.59 Å². The topological polar surface area (TPSA) is 96.4 Å². The Hall–Kier alpha value is -2.41. The normalized spacial score (nSPS) is 11.1. The third-order valence-corrected chi connectivity index (χ3v) is 2.95. The van der Waals surface area contributed by atoms with Gasteiger partial charge in [-0.3, -0.25) is 19.3 Å². The fraction of sp³-hybridized carbons (Fsp3) is 0.0909. The number of pyridine rings is 1. The molecule has 0 aromatic carbocycles. The molecule has 96 valence electrons. The number of fused-ring (bicyclic) bond motifs is 1. The van der Waals surface area contributed by atoms with Gasteiger partial charge in [-0.15, -0.1) is 0 Å². The molecule has 2 N–H and O–H groups in total. The van der Waals surface area contributed by atoms with Crippen LogP contribution in [0.1, 0.15) is 0 Å². The first-order valence-corrected chi connectivity index (χ1v) is 5.75. The largest absolute Gasteiger partial charge is 0.331 e. The molecule has 0 saturated carbocycles. The number of aromatic amines is 2. The van der Waals surface area contributed by atoms with Crippen molar-refractivity contribution >= 4 is 22.8 Å². The van der Waals surface area contributed by atoms with E-state index >= 15 is 0 Å². The minimum absolute atomic E-state index is 0.230. The van der Waals surface area contributed by atoms with Crippen LogP contribution in [0.3, 0.4) is 0 Å². The molecule has 0 atom stereocenters. The van der Waals surface area contributed by atoms with Crippen molar-refractivity contribution in [3.8, 4) is 11.5 Å². The molecule has 0 aliphatic heterocycles. The van der Waals surface area contributed by atoms with Crippen LogP contribution in [-0.4, -0.2) is 24.5 Å². The van der Waals surface area contributed by atoms with Crippen LogP contribution in [0.15, 0.2) is 27.9 Å². The highest BCUT2D eigenvalue weighted by Gasteiger charge is 2.12. The second-order valence-electron chi connectivity index (χ2n) is 3.96. The predicted octanol–water partition coefficient (Wildman–Crippen LogP) is 0.665. The van der Waals surface area contributed by atoms with E-state index in [1.165, 1.54) is 17.8 Å². The third-order valence-electron chi connectivity index (χ3n) is 2.72. The number of imidazole rings is 1. The van der Waals surface area contributed by atoms with Gasteiger partial charge in [-0.25, -0.2) is 9.78 Å². The van der Waals surface area contributed by atoms with Crippen molar-refractivity contribution in [1.82, 2.24) is 24.5 Å².